The molecule has 0 atom stereocenters. The van der Waals surface area contributed by atoms with E-state index < -0.39 is 5.97 Å². The van der Waals surface area contributed by atoms with Crippen LogP contribution in [-0.4, -0.2) is 18.1 Å². The van der Waals surface area contributed by atoms with E-state index in [1.54, 1.807) is 12.1 Å². The molecule has 0 aliphatic rings. The maximum atomic E-state index is 13.2. The molecule has 3 N–H and O–H groups in total. The van der Waals surface area contributed by atoms with Gasteiger partial charge in [-0.1, -0.05) is 0 Å². The molecule has 0 fully saturated rings. The number of nitrogens with one attached hydrogen (secondary N) is 1. The van der Waals surface area contributed by atoms with Gasteiger partial charge in [0.2, 0.25) is 0 Å². The van der Waals surface area contributed by atoms with Crippen LogP contribution in [0.3, 0.4) is 0 Å². The summed E-state index contributed by atoms with van der Waals surface area (Å²) in [4.78, 5) is 15.5. The van der Waals surface area contributed by atoms with Crippen molar-refractivity contribution in [3.63, 3.8) is 0 Å². The molecule has 0 radical (unpaired) electrons. The summed E-state index contributed by atoms with van der Waals surface area (Å²) in [6.07, 6.45) is 0. The minimum absolute atomic E-state index is 0.130. The Hall–Kier alpha value is -2.15. The van der Waals surface area contributed by atoms with Crippen LogP contribution < -0.4 is 11.1 Å². The van der Waals surface area contributed by atoms with E-state index in [2.05, 4.69) is 31.0 Å². The first kappa shape index (κ1) is 14.3. The van der Waals surface area contributed by atoms with Crippen LogP contribution in [0, 0.1) is 5.82 Å². The van der Waals surface area contributed by atoms with Gasteiger partial charge in [-0.3, -0.25) is 0 Å². The number of methoxy groups -OCH3 is 1. The quantitative estimate of drug-likeness (QED) is 0.840. The Kier molecular flexibility index (Phi) is 4.19. The molecule has 0 aliphatic carbocycles. The molecule has 5 nitrogen and oxygen atoms in total. The van der Waals surface area contributed by atoms with Gasteiger partial charge in [0, 0.05) is 5.69 Å². The van der Waals surface area contributed by atoms with Crippen molar-refractivity contribution in [1.29, 1.82) is 0 Å². The van der Waals surface area contributed by atoms with Gasteiger partial charge in [-0.25, -0.2) is 14.2 Å². The standard InChI is InChI=1S/C13H11BrFN3O2/c1-20-13(19)11-5-4-10(16)12(18-11)17-7-2-3-9(15)8(14)6-7/h2-6H,16H2,1H3,(H,17,18). The van der Waals surface area contributed by atoms with Crippen molar-refractivity contribution in [3.05, 3.63) is 46.3 Å². The first-order valence-corrected chi connectivity index (χ1v) is 6.37. The number of nitrogens with zero attached hydrogens (tertiary/aromatic N) is 1. The number of esters is 1. The molecule has 0 aliphatic heterocycles. The van der Waals surface area contributed by atoms with Gasteiger partial charge in [0.25, 0.3) is 0 Å². The molecule has 0 bridgehead atoms. The Morgan fingerprint density at radius 3 is 2.80 bits per heavy atom. The van der Waals surface area contributed by atoms with Crippen molar-refractivity contribution in [1.82, 2.24) is 4.98 Å². The second kappa shape index (κ2) is 5.87. The molecule has 0 amide bonds. The van der Waals surface area contributed by atoms with E-state index in [1.807, 2.05) is 0 Å². The summed E-state index contributed by atoms with van der Waals surface area (Å²) in [6, 6.07) is 7.38. The number of anilines is 3. The molecule has 20 heavy (non-hydrogen) atoms. The van der Waals surface area contributed by atoms with E-state index in [4.69, 9.17) is 5.73 Å². The number of halogens is 2. The number of ether oxygens (including phenoxy) is 1. The van der Waals surface area contributed by atoms with Crippen molar-refractivity contribution in [2.75, 3.05) is 18.2 Å². The van der Waals surface area contributed by atoms with Crippen LogP contribution in [-0.2, 0) is 4.74 Å². The summed E-state index contributed by atoms with van der Waals surface area (Å²) in [6.45, 7) is 0. The topological polar surface area (TPSA) is 77.2 Å². The highest BCUT2D eigenvalue weighted by Gasteiger charge is 2.11. The lowest BCUT2D eigenvalue weighted by Gasteiger charge is -2.10. The van der Waals surface area contributed by atoms with Gasteiger partial charge < -0.3 is 15.8 Å². The second-order valence-corrected chi connectivity index (χ2v) is 4.73. The fourth-order valence-electron chi connectivity index (χ4n) is 1.50. The van der Waals surface area contributed by atoms with Crippen LogP contribution in [0.15, 0.2) is 34.8 Å². The van der Waals surface area contributed by atoms with Gasteiger partial charge in [0.1, 0.15) is 5.82 Å². The Morgan fingerprint density at radius 2 is 2.15 bits per heavy atom. The van der Waals surface area contributed by atoms with Crippen LogP contribution in [0.1, 0.15) is 10.5 Å². The van der Waals surface area contributed by atoms with E-state index in [-0.39, 0.29) is 11.5 Å². The number of benzene rings is 1. The third kappa shape index (κ3) is 3.05. The number of pyridine rings is 1. The van der Waals surface area contributed by atoms with E-state index in [9.17, 15) is 9.18 Å². The zero-order chi connectivity index (χ0) is 14.7. The predicted octanol–water partition coefficient (Wildman–Crippen LogP) is 3.10. The fraction of sp³-hybridized carbons (Fsp3) is 0.0769. The van der Waals surface area contributed by atoms with Crippen molar-refractivity contribution in [2.45, 2.75) is 0 Å². The zero-order valence-electron chi connectivity index (χ0n) is 10.5. The summed E-state index contributed by atoms with van der Waals surface area (Å²) < 4.78 is 18.1. The average Bonchev–Trinajstić information content (AvgIpc) is 2.44. The van der Waals surface area contributed by atoms with Crippen LogP contribution in [0.5, 0.6) is 0 Å². The molecule has 0 saturated heterocycles. The molecular weight excluding hydrogens is 329 g/mol. The first-order chi connectivity index (χ1) is 9.51. The first-order valence-electron chi connectivity index (χ1n) is 5.58. The van der Waals surface area contributed by atoms with E-state index >= 15 is 0 Å². The molecule has 1 heterocycles. The van der Waals surface area contributed by atoms with Crippen molar-refractivity contribution in [3.8, 4) is 0 Å². The molecular formula is C13H11BrFN3O2. The van der Waals surface area contributed by atoms with Crippen LogP contribution in [0.4, 0.5) is 21.6 Å². The van der Waals surface area contributed by atoms with Crippen LogP contribution in [0.25, 0.3) is 0 Å². The third-order valence-corrected chi connectivity index (χ3v) is 3.11. The summed E-state index contributed by atoms with van der Waals surface area (Å²) >= 11 is 3.09. The molecule has 7 heteroatoms. The summed E-state index contributed by atoms with van der Waals surface area (Å²) in [7, 11) is 1.27. The van der Waals surface area contributed by atoms with Gasteiger partial charge >= 0.3 is 5.97 Å². The number of hydrogen-bond acceptors (Lipinski definition) is 5. The number of nitrogens with two attached hydrogens (primary N) is 1. The van der Waals surface area contributed by atoms with Gasteiger partial charge in [0.15, 0.2) is 11.5 Å². The number of aromatic nitrogens is 1. The lowest BCUT2D eigenvalue weighted by atomic mass is 10.3. The van der Waals surface area contributed by atoms with Gasteiger partial charge in [-0.05, 0) is 46.3 Å². The van der Waals surface area contributed by atoms with Gasteiger partial charge in [-0.2, -0.15) is 0 Å². The highest BCUT2D eigenvalue weighted by atomic mass is 79.9. The van der Waals surface area contributed by atoms with Crippen molar-refractivity contribution in [2.24, 2.45) is 0 Å². The summed E-state index contributed by atoms with van der Waals surface area (Å²) in [5.74, 6) is -0.639. The lowest BCUT2D eigenvalue weighted by Crippen LogP contribution is -2.08. The highest BCUT2D eigenvalue weighted by molar-refractivity contribution is 9.10. The maximum absolute atomic E-state index is 13.2. The highest BCUT2D eigenvalue weighted by Crippen LogP contribution is 2.25. The average molecular weight is 340 g/mol. The lowest BCUT2D eigenvalue weighted by molar-refractivity contribution is 0.0594. The van der Waals surface area contributed by atoms with E-state index in [0.717, 1.165) is 0 Å². The number of nitrogen functional groups attached to an aromatic ring is 1. The molecule has 104 valence electrons. The summed E-state index contributed by atoms with van der Waals surface area (Å²) in [5.41, 5.74) is 6.86. The number of hydrogen-bond donors (Lipinski definition) is 2. The van der Waals surface area contributed by atoms with Crippen molar-refractivity contribution < 1.29 is 13.9 Å². The minimum Gasteiger partial charge on any atom is -0.464 e. The number of rotatable bonds is 3. The zero-order valence-corrected chi connectivity index (χ0v) is 12.1. The molecule has 0 saturated carbocycles. The van der Waals surface area contributed by atoms with Crippen LogP contribution in [0.2, 0.25) is 0 Å². The Labute approximate surface area is 123 Å². The van der Waals surface area contributed by atoms with Gasteiger partial charge in [0.05, 0.1) is 17.3 Å². The number of carbonyl (C=O) groups excluding carboxylic acids is 1. The number of carbonyl (C=O) groups is 1. The van der Waals surface area contributed by atoms with Gasteiger partial charge in [-0.15, -0.1) is 0 Å². The Balaban J connectivity index is 2.32. The summed E-state index contributed by atoms with van der Waals surface area (Å²) in [5, 5.41) is 2.92. The minimum atomic E-state index is -0.562. The molecule has 0 spiro atoms. The largest absolute Gasteiger partial charge is 0.464 e. The maximum Gasteiger partial charge on any atom is 0.356 e. The van der Waals surface area contributed by atoms with E-state index in [0.29, 0.717) is 21.7 Å². The Morgan fingerprint density at radius 1 is 1.40 bits per heavy atom. The monoisotopic (exact) mass is 339 g/mol. The normalized spacial score (nSPS) is 10.2. The third-order valence-electron chi connectivity index (χ3n) is 2.50. The molecule has 0 unspecified atom stereocenters. The Bertz CT molecular complexity index is 664. The van der Waals surface area contributed by atoms with Crippen LogP contribution >= 0.6 is 15.9 Å². The molecule has 1 aromatic heterocycles. The molecule has 2 aromatic rings. The molecule has 1 aromatic carbocycles. The smallest absolute Gasteiger partial charge is 0.356 e. The SMILES string of the molecule is COC(=O)c1ccc(N)c(Nc2ccc(F)c(Br)c2)n1. The fourth-order valence-corrected chi connectivity index (χ4v) is 1.88. The van der Waals surface area contributed by atoms with E-state index in [1.165, 1.54) is 25.3 Å². The molecule has 2 rings (SSSR count). The second-order valence-electron chi connectivity index (χ2n) is 3.88. The van der Waals surface area contributed by atoms with Crippen molar-refractivity contribution >= 4 is 39.1 Å². The predicted molar refractivity (Wildman–Crippen MR) is 77.4 cm³/mol.